The normalized spacial score (nSPS) is 18.9. The van der Waals surface area contributed by atoms with Gasteiger partial charge in [-0.25, -0.2) is 0 Å². The second kappa shape index (κ2) is 5.96. The van der Waals surface area contributed by atoms with Crippen LogP contribution in [0.5, 0.6) is 0 Å². The van der Waals surface area contributed by atoms with Gasteiger partial charge < -0.3 is 10.6 Å². The molecule has 1 aliphatic rings. The van der Waals surface area contributed by atoms with Crippen LogP contribution in [-0.2, 0) is 4.79 Å². The smallest absolute Gasteiger partial charge is 0.244 e. The summed E-state index contributed by atoms with van der Waals surface area (Å²) in [6, 6.07) is 9.11. The molecule has 3 nitrogen and oxygen atoms in total. The van der Waals surface area contributed by atoms with Gasteiger partial charge >= 0.3 is 0 Å². The Hall–Kier alpha value is -1.35. The largest absolute Gasteiger partial charge is 0.341 e. The summed E-state index contributed by atoms with van der Waals surface area (Å²) in [6.07, 6.45) is 2.16. The summed E-state index contributed by atoms with van der Waals surface area (Å²) >= 11 is 0. The van der Waals surface area contributed by atoms with Gasteiger partial charge in [-0.1, -0.05) is 51.1 Å². The highest BCUT2D eigenvalue weighted by Crippen LogP contribution is 2.34. The van der Waals surface area contributed by atoms with Crippen LogP contribution >= 0.6 is 0 Å². The Morgan fingerprint density at radius 1 is 1.20 bits per heavy atom. The minimum Gasteiger partial charge on any atom is -0.341 e. The van der Waals surface area contributed by atoms with Crippen molar-refractivity contribution in [2.45, 2.75) is 39.7 Å². The van der Waals surface area contributed by atoms with E-state index in [-0.39, 0.29) is 5.91 Å². The van der Waals surface area contributed by atoms with Crippen molar-refractivity contribution in [1.29, 1.82) is 0 Å². The van der Waals surface area contributed by atoms with E-state index in [0.29, 0.717) is 11.3 Å². The molecule has 1 aromatic carbocycles. The van der Waals surface area contributed by atoms with Crippen LogP contribution in [0.1, 0.15) is 45.2 Å². The van der Waals surface area contributed by atoms with E-state index in [9.17, 15) is 4.79 Å². The zero-order chi connectivity index (χ0) is 14.8. The fraction of sp³-hybridized carbons (Fsp3) is 0.588. The fourth-order valence-electron chi connectivity index (χ4n) is 2.97. The third-order valence-electron chi connectivity index (χ3n) is 4.46. The number of carbonyl (C=O) groups excluding carboxylic acids is 1. The number of carbonyl (C=O) groups is 1. The number of hydrogen-bond donors (Lipinski definition) is 1. The van der Waals surface area contributed by atoms with Gasteiger partial charge in [-0.05, 0) is 29.7 Å². The number of likely N-dealkylation sites (tertiary alicyclic amines) is 1. The van der Waals surface area contributed by atoms with Crippen molar-refractivity contribution in [2.24, 2.45) is 17.1 Å². The van der Waals surface area contributed by atoms with Gasteiger partial charge in [0.05, 0.1) is 0 Å². The van der Waals surface area contributed by atoms with Gasteiger partial charge in [0.1, 0.15) is 6.04 Å². The first-order chi connectivity index (χ1) is 9.39. The molecular weight excluding hydrogens is 248 g/mol. The van der Waals surface area contributed by atoms with Crippen LogP contribution in [-0.4, -0.2) is 23.9 Å². The zero-order valence-corrected chi connectivity index (χ0v) is 12.8. The second-order valence-electron chi connectivity index (χ2n) is 6.85. The molecule has 3 heteroatoms. The van der Waals surface area contributed by atoms with Gasteiger partial charge in [0.2, 0.25) is 5.91 Å². The Morgan fingerprint density at radius 2 is 1.75 bits per heavy atom. The lowest BCUT2D eigenvalue weighted by atomic mass is 9.75. The fourth-order valence-corrected chi connectivity index (χ4v) is 2.97. The van der Waals surface area contributed by atoms with Gasteiger partial charge in [-0.15, -0.1) is 0 Å². The molecule has 2 rings (SSSR count). The van der Waals surface area contributed by atoms with Crippen LogP contribution in [0.3, 0.4) is 0 Å². The monoisotopic (exact) mass is 274 g/mol. The van der Waals surface area contributed by atoms with Crippen LogP contribution in [0.2, 0.25) is 0 Å². The molecule has 0 radical (unpaired) electrons. The number of amides is 1. The summed E-state index contributed by atoms with van der Waals surface area (Å²) in [6.45, 7) is 8.52. The Bertz CT molecular complexity index is 442. The van der Waals surface area contributed by atoms with E-state index in [1.54, 1.807) is 0 Å². The molecule has 0 saturated carbocycles. The standard InChI is InChI=1S/C17H26N2O/c1-17(2,3)14-9-11-19(12-10-14)16(20)15(18)13-7-5-4-6-8-13/h4-8,14-15H,9-12,18H2,1-3H3/t15-/m1/s1. The van der Waals surface area contributed by atoms with E-state index in [0.717, 1.165) is 31.5 Å². The van der Waals surface area contributed by atoms with E-state index in [2.05, 4.69) is 20.8 Å². The van der Waals surface area contributed by atoms with Crippen molar-refractivity contribution in [3.63, 3.8) is 0 Å². The van der Waals surface area contributed by atoms with Crippen molar-refractivity contribution >= 4 is 5.91 Å². The summed E-state index contributed by atoms with van der Waals surface area (Å²) in [7, 11) is 0. The van der Waals surface area contributed by atoms with E-state index in [1.807, 2.05) is 35.2 Å². The van der Waals surface area contributed by atoms with Crippen LogP contribution in [0.4, 0.5) is 0 Å². The maximum Gasteiger partial charge on any atom is 0.244 e. The molecule has 20 heavy (non-hydrogen) atoms. The zero-order valence-electron chi connectivity index (χ0n) is 12.8. The van der Waals surface area contributed by atoms with E-state index in [1.165, 1.54) is 0 Å². The lowest BCUT2D eigenvalue weighted by Gasteiger charge is -2.39. The molecule has 1 aliphatic heterocycles. The van der Waals surface area contributed by atoms with Crippen LogP contribution in [0.15, 0.2) is 30.3 Å². The molecule has 0 aromatic heterocycles. The number of rotatable bonds is 2. The maximum atomic E-state index is 12.5. The highest BCUT2D eigenvalue weighted by atomic mass is 16.2. The highest BCUT2D eigenvalue weighted by Gasteiger charge is 2.32. The molecule has 110 valence electrons. The van der Waals surface area contributed by atoms with Gasteiger partial charge in [-0.3, -0.25) is 4.79 Å². The first-order valence-corrected chi connectivity index (χ1v) is 7.49. The van der Waals surface area contributed by atoms with Crippen molar-refractivity contribution in [1.82, 2.24) is 4.90 Å². The molecule has 0 bridgehead atoms. The summed E-state index contributed by atoms with van der Waals surface area (Å²) < 4.78 is 0. The van der Waals surface area contributed by atoms with Crippen molar-refractivity contribution < 1.29 is 4.79 Å². The molecule has 0 spiro atoms. The molecule has 1 amide bonds. The lowest BCUT2D eigenvalue weighted by molar-refractivity contribution is -0.134. The first kappa shape index (κ1) is 15.0. The number of nitrogens with two attached hydrogens (primary N) is 1. The van der Waals surface area contributed by atoms with Crippen LogP contribution in [0, 0.1) is 11.3 Å². The molecule has 1 saturated heterocycles. The van der Waals surface area contributed by atoms with Gasteiger partial charge in [-0.2, -0.15) is 0 Å². The van der Waals surface area contributed by atoms with Crippen molar-refractivity contribution in [2.75, 3.05) is 13.1 Å². The van der Waals surface area contributed by atoms with Crippen molar-refractivity contribution in [3.05, 3.63) is 35.9 Å². The Kier molecular flexibility index (Phi) is 4.48. The number of nitrogens with zero attached hydrogens (tertiary/aromatic N) is 1. The van der Waals surface area contributed by atoms with E-state index in [4.69, 9.17) is 5.73 Å². The molecule has 1 aromatic rings. The average molecular weight is 274 g/mol. The maximum absolute atomic E-state index is 12.5. The van der Waals surface area contributed by atoms with E-state index < -0.39 is 6.04 Å². The quantitative estimate of drug-likeness (QED) is 0.901. The molecule has 1 atom stereocenters. The van der Waals surface area contributed by atoms with Crippen molar-refractivity contribution in [3.8, 4) is 0 Å². The summed E-state index contributed by atoms with van der Waals surface area (Å²) in [5.41, 5.74) is 7.33. The number of hydrogen-bond acceptors (Lipinski definition) is 2. The number of piperidine rings is 1. The molecule has 0 aliphatic carbocycles. The van der Waals surface area contributed by atoms with Crippen LogP contribution < -0.4 is 5.73 Å². The topological polar surface area (TPSA) is 46.3 Å². The highest BCUT2D eigenvalue weighted by molar-refractivity contribution is 5.83. The van der Waals surface area contributed by atoms with Gasteiger partial charge in [0.15, 0.2) is 0 Å². The Labute approximate surface area is 122 Å². The predicted molar refractivity (Wildman–Crippen MR) is 82.1 cm³/mol. The SMILES string of the molecule is CC(C)(C)C1CCN(C(=O)[C@H](N)c2ccccc2)CC1. The Balaban J connectivity index is 1.95. The minimum absolute atomic E-state index is 0.0589. The molecule has 2 N–H and O–H groups in total. The molecule has 0 unspecified atom stereocenters. The second-order valence-corrected chi connectivity index (χ2v) is 6.85. The van der Waals surface area contributed by atoms with E-state index >= 15 is 0 Å². The summed E-state index contributed by atoms with van der Waals surface area (Å²) in [5.74, 6) is 0.753. The van der Waals surface area contributed by atoms with Gasteiger partial charge in [0, 0.05) is 13.1 Å². The average Bonchev–Trinajstić information content (AvgIpc) is 2.46. The van der Waals surface area contributed by atoms with Gasteiger partial charge in [0.25, 0.3) is 0 Å². The first-order valence-electron chi connectivity index (χ1n) is 7.49. The molecular formula is C17H26N2O. The predicted octanol–water partition coefficient (Wildman–Crippen LogP) is 2.97. The van der Waals surface area contributed by atoms with Crippen LogP contribution in [0.25, 0.3) is 0 Å². The summed E-state index contributed by atoms with van der Waals surface area (Å²) in [5, 5.41) is 0. The third kappa shape index (κ3) is 3.40. The lowest BCUT2D eigenvalue weighted by Crippen LogP contribution is -2.45. The molecule has 1 heterocycles. The summed E-state index contributed by atoms with van der Waals surface area (Å²) in [4.78, 5) is 14.4. The minimum atomic E-state index is -0.526. The Morgan fingerprint density at radius 3 is 2.25 bits per heavy atom. The number of benzene rings is 1. The molecule has 1 fully saturated rings. The third-order valence-corrected chi connectivity index (χ3v) is 4.46.